The van der Waals surface area contributed by atoms with Crippen LogP contribution in [0.5, 0.6) is 0 Å². The Morgan fingerprint density at radius 3 is 2.50 bits per heavy atom. The Balaban J connectivity index is 2.82. The van der Waals surface area contributed by atoms with E-state index >= 15 is 0 Å². The first-order chi connectivity index (χ1) is 11.5. The number of carbonyl (C=O) groups is 3. The molecule has 8 heteroatoms. The summed E-state index contributed by atoms with van der Waals surface area (Å²) in [5, 5.41) is 5.80. The number of aryl methyl sites for hydroxylation is 1. The highest BCUT2D eigenvalue weighted by Crippen LogP contribution is 2.14. The number of benzene rings is 1. The standard InChI is InChI=1S/C16H20N2O6/c1-22-15(20)12-7-5-4-6-11(12)8-9-13(16(21)23-2)18-14(19)10-17-24-3/h4-7,10,13H,8-9H2,1-3H3,(H,18,19)/b17-10+/t13-/m0/s1. The van der Waals surface area contributed by atoms with Crippen LogP contribution in [-0.4, -0.2) is 51.4 Å². The van der Waals surface area contributed by atoms with Crippen LogP contribution in [-0.2, 0) is 30.3 Å². The number of nitrogens with one attached hydrogen (secondary N) is 1. The number of ether oxygens (including phenoxy) is 2. The molecule has 1 aromatic carbocycles. The van der Waals surface area contributed by atoms with Crippen molar-refractivity contribution in [1.82, 2.24) is 5.32 Å². The zero-order valence-corrected chi connectivity index (χ0v) is 13.8. The van der Waals surface area contributed by atoms with Crippen LogP contribution >= 0.6 is 0 Å². The third-order valence-corrected chi connectivity index (χ3v) is 3.20. The van der Waals surface area contributed by atoms with E-state index in [2.05, 4.69) is 20.0 Å². The van der Waals surface area contributed by atoms with Crippen LogP contribution < -0.4 is 5.32 Å². The van der Waals surface area contributed by atoms with Gasteiger partial charge in [0.15, 0.2) is 0 Å². The van der Waals surface area contributed by atoms with Gasteiger partial charge in [0.05, 0.1) is 19.8 Å². The monoisotopic (exact) mass is 336 g/mol. The Kier molecular flexibility index (Phi) is 7.97. The summed E-state index contributed by atoms with van der Waals surface area (Å²) >= 11 is 0. The maximum Gasteiger partial charge on any atom is 0.338 e. The molecule has 24 heavy (non-hydrogen) atoms. The molecule has 0 heterocycles. The Bertz CT molecular complexity index is 614. The van der Waals surface area contributed by atoms with Gasteiger partial charge in [-0.25, -0.2) is 9.59 Å². The molecular weight excluding hydrogens is 316 g/mol. The Morgan fingerprint density at radius 1 is 1.17 bits per heavy atom. The summed E-state index contributed by atoms with van der Waals surface area (Å²) in [5.41, 5.74) is 1.12. The molecule has 1 atom stereocenters. The van der Waals surface area contributed by atoms with Crippen LogP contribution in [0.15, 0.2) is 29.4 Å². The second-order valence-corrected chi connectivity index (χ2v) is 4.69. The Morgan fingerprint density at radius 2 is 1.88 bits per heavy atom. The van der Waals surface area contributed by atoms with Gasteiger partial charge in [0.25, 0.3) is 5.91 Å². The maximum absolute atomic E-state index is 11.8. The highest BCUT2D eigenvalue weighted by molar-refractivity contribution is 6.26. The second kappa shape index (κ2) is 9.98. The average Bonchev–Trinajstić information content (AvgIpc) is 2.62. The van der Waals surface area contributed by atoms with Crippen LogP contribution in [0.4, 0.5) is 0 Å². The normalized spacial score (nSPS) is 11.6. The number of hydrogen-bond acceptors (Lipinski definition) is 7. The molecule has 1 rings (SSSR count). The lowest BCUT2D eigenvalue weighted by atomic mass is 10.00. The lowest BCUT2D eigenvalue weighted by Gasteiger charge is -2.16. The fourth-order valence-corrected chi connectivity index (χ4v) is 2.05. The molecule has 0 aliphatic heterocycles. The summed E-state index contributed by atoms with van der Waals surface area (Å²) in [7, 11) is 3.82. The van der Waals surface area contributed by atoms with E-state index in [-0.39, 0.29) is 6.42 Å². The molecule has 0 unspecified atom stereocenters. The molecule has 1 N–H and O–H groups in total. The van der Waals surface area contributed by atoms with Crippen molar-refractivity contribution in [3.05, 3.63) is 35.4 Å². The number of rotatable bonds is 8. The van der Waals surface area contributed by atoms with E-state index in [4.69, 9.17) is 4.74 Å². The second-order valence-electron chi connectivity index (χ2n) is 4.69. The molecule has 0 aliphatic carbocycles. The van der Waals surface area contributed by atoms with Crippen molar-refractivity contribution < 1.29 is 28.7 Å². The van der Waals surface area contributed by atoms with Gasteiger partial charge >= 0.3 is 11.9 Å². The average molecular weight is 336 g/mol. The third kappa shape index (κ3) is 5.71. The van der Waals surface area contributed by atoms with Crippen LogP contribution in [0.3, 0.4) is 0 Å². The zero-order chi connectivity index (χ0) is 17.9. The molecule has 0 saturated carbocycles. The van der Waals surface area contributed by atoms with Crippen molar-refractivity contribution in [3.8, 4) is 0 Å². The van der Waals surface area contributed by atoms with Gasteiger partial charge in [0.2, 0.25) is 0 Å². The summed E-state index contributed by atoms with van der Waals surface area (Å²) in [6.07, 6.45) is 1.53. The van der Waals surface area contributed by atoms with Crippen molar-refractivity contribution in [2.45, 2.75) is 18.9 Å². The molecule has 0 aliphatic rings. The number of oxime groups is 1. The molecule has 130 valence electrons. The lowest BCUT2D eigenvalue weighted by Crippen LogP contribution is -2.42. The highest BCUT2D eigenvalue weighted by atomic mass is 16.6. The number of nitrogens with zero attached hydrogens (tertiary/aromatic N) is 1. The first kappa shape index (κ1) is 19.1. The number of hydrogen-bond donors (Lipinski definition) is 1. The molecule has 1 aromatic rings. The van der Waals surface area contributed by atoms with Gasteiger partial charge in [-0.05, 0) is 24.5 Å². The molecule has 1 amide bonds. The van der Waals surface area contributed by atoms with Gasteiger partial charge in [0, 0.05) is 0 Å². The quantitative estimate of drug-likeness (QED) is 0.426. The van der Waals surface area contributed by atoms with E-state index in [1.54, 1.807) is 24.3 Å². The SMILES string of the molecule is CO/N=C/C(=O)N[C@@H](CCc1ccccc1C(=O)OC)C(=O)OC. The Labute approximate surface area is 139 Å². The van der Waals surface area contributed by atoms with E-state index in [1.807, 2.05) is 0 Å². The predicted octanol–water partition coefficient (Wildman–Crippen LogP) is 0.696. The van der Waals surface area contributed by atoms with Crippen molar-refractivity contribution in [1.29, 1.82) is 0 Å². The predicted molar refractivity (Wildman–Crippen MR) is 85.6 cm³/mol. The van der Waals surface area contributed by atoms with E-state index < -0.39 is 23.9 Å². The van der Waals surface area contributed by atoms with Gasteiger partial charge in [-0.2, -0.15) is 0 Å². The van der Waals surface area contributed by atoms with Crippen LogP contribution in [0.2, 0.25) is 0 Å². The number of methoxy groups -OCH3 is 2. The molecule has 8 nitrogen and oxygen atoms in total. The smallest absolute Gasteiger partial charge is 0.338 e. The first-order valence-electron chi connectivity index (χ1n) is 7.14. The van der Waals surface area contributed by atoms with Gasteiger partial charge in [-0.1, -0.05) is 23.4 Å². The van der Waals surface area contributed by atoms with Crippen LogP contribution in [0, 0.1) is 0 Å². The third-order valence-electron chi connectivity index (χ3n) is 3.20. The fourth-order valence-electron chi connectivity index (χ4n) is 2.05. The Hall–Kier alpha value is -2.90. The summed E-state index contributed by atoms with van der Waals surface area (Å²) in [6.45, 7) is 0. The lowest BCUT2D eigenvalue weighted by molar-refractivity contribution is -0.144. The van der Waals surface area contributed by atoms with Crippen LogP contribution in [0.25, 0.3) is 0 Å². The van der Waals surface area contributed by atoms with Gasteiger partial charge in [-0.15, -0.1) is 0 Å². The number of carbonyl (C=O) groups excluding carboxylic acids is 3. The summed E-state index contributed by atoms with van der Waals surface area (Å²) in [6, 6.07) is 6.01. The highest BCUT2D eigenvalue weighted by Gasteiger charge is 2.22. The van der Waals surface area contributed by atoms with Crippen molar-refractivity contribution >= 4 is 24.1 Å². The van der Waals surface area contributed by atoms with E-state index in [0.717, 1.165) is 6.21 Å². The minimum absolute atomic E-state index is 0.243. The maximum atomic E-state index is 11.8. The minimum atomic E-state index is -0.878. The number of amides is 1. The molecule has 0 bridgehead atoms. The summed E-state index contributed by atoms with van der Waals surface area (Å²) in [4.78, 5) is 39.6. The number of esters is 2. The van der Waals surface area contributed by atoms with Crippen LogP contribution in [0.1, 0.15) is 22.3 Å². The van der Waals surface area contributed by atoms with Gasteiger partial charge in [0.1, 0.15) is 19.4 Å². The van der Waals surface area contributed by atoms with E-state index in [0.29, 0.717) is 17.5 Å². The first-order valence-corrected chi connectivity index (χ1v) is 7.14. The largest absolute Gasteiger partial charge is 0.467 e. The van der Waals surface area contributed by atoms with E-state index in [9.17, 15) is 14.4 Å². The zero-order valence-electron chi connectivity index (χ0n) is 13.8. The molecule has 0 saturated heterocycles. The summed E-state index contributed by atoms with van der Waals surface area (Å²) < 4.78 is 9.41. The van der Waals surface area contributed by atoms with E-state index in [1.165, 1.54) is 21.3 Å². The van der Waals surface area contributed by atoms with Gasteiger partial charge < -0.3 is 19.6 Å². The molecule has 0 radical (unpaired) electrons. The van der Waals surface area contributed by atoms with Gasteiger partial charge in [-0.3, -0.25) is 4.79 Å². The molecule has 0 aromatic heterocycles. The van der Waals surface area contributed by atoms with Crippen molar-refractivity contribution in [3.63, 3.8) is 0 Å². The summed E-state index contributed by atoms with van der Waals surface area (Å²) in [5.74, 6) is -1.64. The fraction of sp³-hybridized carbons (Fsp3) is 0.375. The minimum Gasteiger partial charge on any atom is -0.467 e. The molecular formula is C16H20N2O6. The van der Waals surface area contributed by atoms with Crippen molar-refractivity contribution in [2.75, 3.05) is 21.3 Å². The van der Waals surface area contributed by atoms with Crippen molar-refractivity contribution in [2.24, 2.45) is 5.16 Å². The molecule has 0 spiro atoms. The topological polar surface area (TPSA) is 103 Å². The molecule has 0 fully saturated rings.